The van der Waals surface area contributed by atoms with Crippen molar-refractivity contribution in [2.45, 2.75) is 23.8 Å². The fourth-order valence-corrected chi connectivity index (χ4v) is 3.70. The Morgan fingerprint density at radius 1 is 1.25 bits per heavy atom. The summed E-state index contributed by atoms with van der Waals surface area (Å²) in [4.78, 5) is 15.6. The monoisotopic (exact) mass is 288 g/mol. The number of fused-ring (bicyclic) bond motifs is 3. The lowest BCUT2D eigenvalue weighted by Gasteiger charge is -2.44. The molecule has 1 aromatic rings. The van der Waals surface area contributed by atoms with Gasteiger partial charge in [-0.2, -0.15) is 0 Å². The molecule has 0 aromatic heterocycles. The maximum atomic E-state index is 11.9. The average molecular weight is 288 g/mol. The van der Waals surface area contributed by atoms with Crippen molar-refractivity contribution >= 4 is 17.7 Å². The van der Waals surface area contributed by atoms with Gasteiger partial charge in [-0.1, -0.05) is 30.0 Å². The first-order valence-corrected chi connectivity index (χ1v) is 8.10. The Hall–Kier alpha value is -1.26. The summed E-state index contributed by atoms with van der Waals surface area (Å²) in [6, 6.07) is 10.4. The van der Waals surface area contributed by atoms with Crippen LogP contribution in [0.2, 0.25) is 0 Å². The summed E-state index contributed by atoms with van der Waals surface area (Å²) >= 11 is 1.57. The largest absolute Gasteiger partial charge is 0.348 e. The van der Waals surface area contributed by atoms with Crippen LogP contribution < -0.4 is 5.32 Å². The second-order valence-electron chi connectivity index (χ2n) is 5.49. The molecule has 3 nitrogen and oxygen atoms in total. The minimum atomic E-state index is 0.0344. The van der Waals surface area contributed by atoms with Gasteiger partial charge >= 0.3 is 0 Å². The van der Waals surface area contributed by atoms with Crippen LogP contribution in [0.5, 0.6) is 0 Å². The van der Waals surface area contributed by atoms with Gasteiger partial charge in [0, 0.05) is 23.6 Å². The number of thioether (sulfide) groups is 1. The molecule has 0 saturated carbocycles. The Kier molecular flexibility index (Phi) is 4.43. The van der Waals surface area contributed by atoms with Crippen molar-refractivity contribution in [1.82, 2.24) is 10.2 Å². The van der Waals surface area contributed by atoms with E-state index in [2.05, 4.69) is 10.2 Å². The van der Waals surface area contributed by atoms with Crippen molar-refractivity contribution < 1.29 is 4.79 Å². The van der Waals surface area contributed by atoms with Gasteiger partial charge in [0.05, 0.1) is 0 Å². The number of hydrogen-bond acceptors (Lipinski definition) is 3. The Balaban J connectivity index is 1.47. The van der Waals surface area contributed by atoms with Crippen LogP contribution in [0.25, 0.3) is 0 Å². The molecule has 0 spiro atoms. The Morgan fingerprint density at radius 2 is 2.00 bits per heavy atom. The molecule has 3 aliphatic rings. The Labute approximate surface area is 124 Å². The second kappa shape index (κ2) is 6.46. The van der Waals surface area contributed by atoms with Gasteiger partial charge in [0.25, 0.3) is 0 Å². The zero-order chi connectivity index (χ0) is 13.8. The maximum absolute atomic E-state index is 11.9. The Bertz CT molecular complexity index is 481. The van der Waals surface area contributed by atoms with Crippen LogP contribution in [0.15, 0.2) is 46.7 Å². The third kappa shape index (κ3) is 3.44. The first kappa shape index (κ1) is 13.7. The quantitative estimate of drug-likeness (QED) is 0.682. The van der Waals surface area contributed by atoms with E-state index in [0.717, 1.165) is 11.4 Å². The number of benzene rings is 1. The number of carbonyl (C=O) groups is 1. The second-order valence-corrected chi connectivity index (χ2v) is 6.47. The van der Waals surface area contributed by atoms with Gasteiger partial charge in [0.1, 0.15) is 0 Å². The summed E-state index contributed by atoms with van der Waals surface area (Å²) in [5.74, 6) is 0.714. The molecule has 2 bridgehead atoms. The molecule has 3 fully saturated rings. The minimum absolute atomic E-state index is 0.0344. The van der Waals surface area contributed by atoms with E-state index in [1.54, 1.807) is 17.8 Å². The van der Waals surface area contributed by atoms with Crippen LogP contribution in [0.3, 0.4) is 0 Å². The average Bonchev–Trinajstić information content (AvgIpc) is 2.49. The van der Waals surface area contributed by atoms with E-state index < -0.39 is 0 Å². The lowest BCUT2D eigenvalue weighted by Crippen LogP contribution is -2.57. The molecule has 106 valence electrons. The van der Waals surface area contributed by atoms with Crippen molar-refractivity contribution in [3.8, 4) is 0 Å². The van der Waals surface area contributed by atoms with Gasteiger partial charge in [0.15, 0.2) is 0 Å². The molecule has 1 atom stereocenters. The highest BCUT2D eigenvalue weighted by molar-refractivity contribution is 8.02. The van der Waals surface area contributed by atoms with Crippen molar-refractivity contribution in [3.05, 3.63) is 41.8 Å². The number of nitrogens with zero attached hydrogens (tertiary/aromatic N) is 1. The normalized spacial score (nSPS) is 28.7. The van der Waals surface area contributed by atoms with Crippen LogP contribution >= 0.6 is 11.8 Å². The molecule has 3 saturated heterocycles. The van der Waals surface area contributed by atoms with E-state index in [1.807, 2.05) is 35.7 Å². The highest BCUT2D eigenvalue weighted by Gasteiger charge is 2.34. The number of amides is 1. The lowest BCUT2D eigenvalue weighted by molar-refractivity contribution is -0.118. The highest BCUT2D eigenvalue weighted by Crippen LogP contribution is 2.27. The van der Waals surface area contributed by atoms with Gasteiger partial charge in [0.2, 0.25) is 5.91 Å². The van der Waals surface area contributed by atoms with Gasteiger partial charge in [-0.3, -0.25) is 4.79 Å². The van der Waals surface area contributed by atoms with E-state index >= 15 is 0 Å². The van der Waals surface area contributed by atoms with Gasteiger partial charge in [-0.15, -0.1) is 0 Å². The number of hydrogen-bond donors (Lipinski definition) is 1. The molecule has 20 heavy (non-hydrogen) atoms. The molecule has 3 heterocycles. The van der Waals surface area contributed by atoms with Gasteiger partial charge < -0.3 is 10.2 Å². The van der Waals surface area contributed by atoms with E-state index in [-0.39, 0.29) is 5.91 Å². The summed E-state index contributed by atoms with van der Waals surface area (Å²) in [6.45, 7) is 3.43. The molecule has 1 amide bonds. The van der Waals surface area contributed by atoms with Crippen molar-refractivity contribution in [3.63, 3.8) is 0 Å². The molecule has 1 N–H and O–H groups in total. The van der Waals surface area contributed by atoms with Crippen LogP contribution in [0.1, 0.15) is 12.8 Å². The van der Waals surface area contributed by atoms with Crippen LogP contribution in [0, 0.1) is 5.92 Å². The fraction of sp³-hybridized carbons (Fsp3) is 0.438. The zero-order valence-electron chi connectivity index (χ0n) is 11.5. The van der Waals surface area contributed by atoms with Crippen molar-refractivity contribution in [1.29, 1.82) is 0 Å². The molecule has 1 aromatic carbocycles. The molecule has 4 heteroatoms. The SMILES string of the molecule is O=C(C=CSc1ccccc1)NC1CN2CCC1CC2. The fourth-order valence-electron chi connectivity index (χ4n) is 3.03. The number of piperidine rings is 3. The van der Waals surface area contributed by atoms with E-state index in [0.29, 0.717) is 12.0 Å². The molecule has 4 rings (SSSR count). The predicted molar refractivity (Wildman–Crippen MR) is 82.5 cm³/mol. The third-order valence-corrected chi connectivity index (χ3v) is 4.97. The third-order valence-electron chi connectivity index (χ3n) is 4.15. The number of nitrogens with one attached hydrogen (secondary N) is 1. The van der Waals surface area contributed by atoms with Crippen LogP contribution in [-0.2, 0) is 4.79 Å². The smallest absolute Gasteiger partial charge is 0.244 e. The summed E-state index contributed by atoms with van der Waals surface area (Å²) in [7, 11) is 0. The minimum Gasteiger partial charge on any atom is -0.348 e. The summed E-state index contributed by atoms with van der Waals surface area (Å²) < 4.78 is 0. The van der Waals surface area contributed by atoms with Crippen LogP contribution in [0.4, 0.5) is 0 Å². The topological polar surface area (TPSA) is 32.3 Å². The summed E-state index contributed by atoms with van der Waals surface area (Å²) in [5.41, 5.74) is 0. The zero-order valence-corrected chi connectivity index (χ0v) is 12.3. The van der Waals surface area contributed by atoms with Crippen LogP contribution in [-0.4, -0.2) is 36.5 Å². The van der Waals surface area contributed by atoms with E-state index in [9.17, 15) is 4.79 Å². The summed E-state index contributed by atoms with van der Waals surface area (Å²) in [5, 5.41) is 5.02. The highest BCUT2D eigenvalue weighted by atomic mass is 32.2. The predicted octanol–water partition coefficient (Wildman–Crippen LogP) is 2.50. The van der Waals surface area contributed by atoms with Gasteiger partial charge in [-0.25, -0.2) is 0 Å². The molecule has 1 unspecified atom stereocenters. The molecule has 3 aliphatic heterocycles. The first-order chi connectivity index (χ1) is 9.81. The molecular weight excluding hydrogens is 268 g/mol. The molecule has 0 aliphatic carbocycles. The number of carbonyl (C=O) groups excluding carboxylic acids is 1. The lowest BCUT2D eigenvalue weighted by atomic mass is 9.84. The van der Waals surface area contributed by atoms with E-state index in [1.165, 1.54) is 25.9 Å². The maximum Gasteiger partial charge on any atom is 0.244 e. The molecule has 0 radical (unpaired) electrons. The number of rotatable bonds is 4. The summed E-state index contributed by atoms with van der Waals surface area (Å²) in [6.07, 6.45) is 4.11. The van der Waals surface area contributed by atoms with E-state index in [4.69, 9.17) is 0 Å². The van der Waals surface area contributed by atoms with Gasteiger partial charge in [-0.05, 0) is 49.4 Å². The van der Waals surface area contributed by atoms with Crippen molar-refractivity contribution in [2.24, 2.45) is 5.92 Å². The standard InChI is InChI=1S/C16H20N2OS/c19-16(8-11-20-14-4-2-1-3-5-14)17-15-12-18-9-6-13(15)7-10-18/h1-5,8,11,13,15H,6-7,9-10,12H2,(H,17,19). The van der Waals surface area contributed by atoms with Crippen molar-refractivity contribution in [2.75, 3.05) is 19.6 Å². The Morgan fingerprint density at radius 3 is 2.65 bits per heavy atom. The molecular formula is C16H20N2OS. The first-order valence-electron chi connectivity index (χ1n) is 7.22.